The summed E-state index contributed by atoms with van der Waals surface area (Å²) in [5.74, 6) is 1.68. The largest absolute Gasteiger partial charge is 0.371 e. The molecule has 34 heavy (non-hydrogen) atoms. The van der Waals surface area contributed by atoms with Crippen LogP contribution >= 0.6 is 0 Å². The quantitative estimate of drug-likeness (QED) is 0.437. The van der Waals surface area contributed by atoms with Gasteiger partial charge >= 0.3 is 0 Å². The van der Waals surface area contributed by atoms with E-state index in [-0.39, 0.29) is 0 Å². The molecule has 6 heteroatoms. The predicted octanol–water partition coefficient (Wildman–Crippen LogP) is 4.60. The zero-order chi connectivity index (χ0) is 23.2. The Morgan fingerprint density at radius 3 is 2.76 bits per heavy atom. The van der Waals surface area contributed by atoms with Crippen molar-refractivity contribution in [2.24, 2.45) is 5.92 Å². The third kappa shape index (κ3) is 3.41. The van der Waals surface area contributed by atoms with Crippen molar-refractivity contribution < 1.29 is 0 Å². The highest BCUT2D eigenvalue weighted by molar-refractivity contribution is 5.73. The smallest absolute Gasteiger partial charge is 0.161 e. The molecule has 170 valence electrons. The number of aryl methyl sites for hydroxylation is 1. The lowest BCUT2D eigenvalue weighted by atomic mass is 10.1. The van der Waals surface area contributed by atoms with Crippen molar-refractivity contribution in [1.29, 1.82) is 5.26 Å². The molecule has 1 unspecified atom stereocenters. The molecule has 4 heterocycles. The molecule has 0 amide bonds. The SMILES string of the molecule is CNCC1CCN(c2ccc3c(c2)Cn2cc(-c4ccc(C#N)cc4)cc2-c2ncc(C)n2-3)C1. The van der Waals surface area contributed by atoms with E-state index in [1.54, 1.807) is 0 Å². The molecular formula is C28H28N6. The fraction of sp³-hybridized carbons (Fsp3) is 0.286. The van der Waals surface area contributed by atoms with Crippen molar-refractivity contribution >= 4 is 5.69 Å². The lowest BCUT2D eigenvalue weighted by Gasteiger charge is -2.21. The summed E-state index contributed by atoms with van der Waals surface area (Å²) in [7, 11) is 2.04. The van der Waals surface area contributed by atoms with Crippen molar-refractivity contribution in [3.63, 3.8) is 0 Å². The van der Waals surface area contributed by atoms with Crippen molar-refractivity contribution in [3.05, 3.63) is 77.7 Å². The van der Waals surface area contributed by atoms with Crippen molar-refractivity contribution in [2.75, 3.05) is 31.6 Å². The Labute approximate surface area is 200 Å². The highest BCUT2D eigenvalue weighted by Gasteiger charge is 2.26. The van der Waals surface area contributed by atoms with Crippen LogP contribution in [-0.4, -0.2) is 40.8 Å². The van der Waals surface area contributed by atoms with Crippen molar-refractivity contribution in [3.8, 4) is 34.4 Å². The number of hydrogen-bond donors (Lipinski definition) is 1. The van der Waals surface area contributed by atoms with E-state index in [2.05, 4.69) is 62.8 Å². The van der Waals surface area contributed by atoms with Gasteiger partial charge in [-0.1, -0.05) is 12.1 Å². The van der Waals surface area contributed by atoms with E-state index in [0.717, 1.165) is 54.5 Å². The molecule has 6 rings (SSSR count). The fourth-order valence-corrected chi connectivity index (χ4v) is 5.47. The van der Waals surface area contributed by atoms with E-state index < -0.39 is 0 Å². The molecule has 2 aromatic heterocycles. The number of imidazole rings is 1. The van der Waals surface area contributed by atoms with Gasteiger partial charge in [-0.25, -0.2) is 4.98 Å². The van der Waals surface area contributed by atoms with Crippen LogP contribution in [0.5, 0.6) is 0 Å². The maximum Gasteiger partial charge on any atom is 0.161 e. The number of nitrogens with one attached hydrogen (secondary N) is 1. The van der Waals surface area contributed by atoms with Gasteiger partial charge in [0.2, 0.25) is 0 Å². The first-order valence-electron chi connectivity index (χ1n) is 11.9. The number of benzene rings is 2. The molecule has 0 radical (unpaired) electrons. The number of rotatable bonds is 4. The highest BCUT2D eigenvalue weighted by Crippen LogP contribution is 2.37. The minimum Gasteiger partial charge on any atom is -0.371 e. The van der Waals surface area contributed by atoms with Gasteiger partial charge in [-0.15, -0.1) is 0 Å². The van der Waals surface area contributed by atoms with Gasteiger partial charge in [0.15, 0.2) is 5.82 Å². The molecular weight excluding hydrogens is 420 g/mol. The normalized spacial score (nSPS) is 16.5. The molecule has 1 N–H and O–H groups in total. The van der Waals surface area contributed by atoms with Crippen LogP contribution in [0.4, 0.5) is 5.69 Å². The third-order valence-electron chi connectivity index (χ3n) is 7.20. The van der Waals surface area contributed by atoms with Crippen LogP contribution in [0.1, 0.15) is 23.2 Å². The minimum atomic E-state index is 0.677. The van der Waals surface area contributed by atoms with Gasteiger partial charge in [-0.2, -0.15) is 5.26 Å². The van der Waals surface area contributed by atoms with Crippen molar-refractivity contribution in [2.45, 2.75) is 19.9 Å². The van der Waals surface area contributed by atoms with Gasteiger partial charge in [0.1, 0.15) is 0 Å². The van der Waals surface area contributed by atoms with Crippen LogP contribution in [0.2, 0.25) is 0 Å². The second-order valence-corrected chi connectivity index (χ2v) is 9.46. The minimum absolute atomic E-state index is 0.677. The van der Waals surface area contributed by atoms with E-state index >= 15 is 0 Å². The lowest BCUT2D eigenvalue weighted by Crippen LogP contribution is -2.24. The second kappa shape index (κ2) is 8.19. The zero-order valence-corrected chi connectivity index (χ0v) is 19.6. The van der Waals surface area contributed by atoms with Gasteiger partial charge in [-0.05, 0) is 80.4 Å². The molecule has 2 aliphatic rings. The first-order valence-corrected chi connectivity index (χ1v) is 11.9. The number of hydrogen-bond acceptors (Lipinski definition) is 4. The van der Waals surface area contributed by atoms with E-state index in [1.807, 2.05) is 37.5 Å². The number of anilines is 1. The molecule has 2 aliphatic heterocycles. The number of nitriles is 1. The number of fused-ring (bicyclic) bond motifs is 5. The number of aromatic nitrogens is 3. The Balaban J connectivity index is 1.41. The third-order valence-corrected chi connectivity index (χ3v) is 7.20. The summed E-state index contributed by atoms with van der Waals surface area (Å²) in [6.45, 7) is 6.21. The van der Waals surface area contributed by atoms with Crippen molar-refractivity contribution in [1.82, 2.24) is 19.4 Å². The van der Waals surface area contributed by atoms with Gasteiger partial charge < -0.3 is 14.8 Å². The first kappa shape index (κ1) is 20.8. The molecule has 0 saturated carbocycles. The van der Waals surface area contributed by atoms with Crippen LogP contribution in [-0.2, 0) is 6.54 Å². The summed E-state index contributed by atoms with van der Waals surface area (Å²) in [5.41, 5.74) is 8.99. The topological polar surface area (TPSA) is 61.8 Å². The van der Waals surface area contributed by atoms with E-state index in [1.165, 1.54) is 23.4 Å². The van der Waals surface area contributed by atoms with Gasteiger partial charge in [-0.3, -0.25) is 4.57 Å². The van der Waals surface area contributed by atoms with Gasteiger partial charge in [0.25, 0.3) is 0 Å². The Morgan fingerprint density at radius 1 is 1.12 bits per heavy atom. The summed E-state index contributed by atoms with van der Waals surface area (Å²) < 4.78 is 4.60. The van der Waals surface area contributed by atoms with Crippen LogP contribution in [0.3, 0.4) is 0 Å². The average Bonchev–Trinajstić information content (AvgIpc) is 3.57. The first-order chi connectivity index (χ1) is 16.6. The van der Waals surface area contributed by atoms with Gasteiger partial charge in [0.05, 0.1) is 23.0 Å². The Kier molecular flexibility index (Phi) is 5.00. The molecule has 0 aliphatic carbocycles. The molecule has 1 atom stereocenters. The second-order valence-electron chi connectivity index (χ2n) is 9.46. The average molecular weight is 449 g/mol. The lowest BCUT2D eigenvalue weighted by molar-refractivity contribution is 0.549. The van der Waals surface area contributed by atoms with Crippen LogP contribution in [0.25, 0.3) is 28.3 Å². The van der Waals surface area contributed by atoms with E-state index in [0.29, 0.717) is 11.5 Å². The summed E-state index contributed by atoms with van der Waals surface area (Å²) in [6, 6.07) is 19.1. The maximum absolute atomic E-state index is 9.14. The van der Waals surface area contributed by atoms with Crippen LogP contribution in [0, 0.1) is 24.2 Å². The molecule has 0 spiro atoms. The van der Waals surface area contributed by atoms with E-state index in [9.17, 15) is 0 Å². The Hall–Kier alpha value is -3.82. The van der Waals surface area contributed by atoms with Gasteiger partial charge in [0, 0.05) is 49.0 Å². The summed E-state index contributed by atoms with van der Waals surface area (Å²) >= 11 is 0. The Morgan fingerprint density at radius 2 is 1.97 bits per heavy atom. The highest BCUT2D eigenvalue weighted by atomic mass is 15.2. The monoisotopic (exact) mass is 448 g/mol. The maximum atomic E-state index is 9.14. The molecule has 2 aromatic carbocycles. The Bertz CT molecular complexity index is 1400. The predicted molar refractivity (Wildman–Crippen MR) is 135 cm³/mol. The summed E-state index contributed by atoms with van der Waals surface area (Å²) in [4.78, 5) is 7.32. The standard InChI is InChI=1S/C28H28N6/c1-19-14-31-28-27-12-23(22-5-3-20(13-29)4-6-22)17-33(27)18-24-11-25(7-8-26(24)34(19)28)32-10-9-21(16-32)15-30-2/h3-8,11-12,14,17,21,30H,9-10,15-16,18H2,1-2H3. The van der Waals surface area contributed by atoms with E-state index in [4.69, 9.17) is 10.2 Å². The summed E-state index contributed by atoms with van der Waals surface area (Å²) in [6.07, 6.45) is 5.41. The zero-order valence-electron chi connectivity index (χ0n) is 19.6. The van der Waals surface area contributed by atoms with Crippen LogP contribution < -0.4 is 10.2 Å². The fourth-order valence-electron chi connectivity index (χ4n) is 5.47. The molecule has 6 nitrogen and oxygen atoms in total. The molecule has 4 aromatic rings. The molecule has 0 bridgehead atoms. The molecule has 1 saturated heterocycles. The number of nitrogens with zero attached hydrogens (tertiary/aromatic N) is 5. The summed E-state index contributed by atoms with van der Waals surface area (Å²) in [5, 5.41) is 12.5. The molecule has 1 fully saturated rings. The van der Waals surface area contributed by atoms with Crippen LogP contribution in [0.15, 0.2) is 60.9 Å².